The van der Waals surface area contributed by atoms with E-state index in [-0.39, 0.29) is 5.91 Å². The Hall–Kier alpha value is -2.82. The van der Waals surface area contributed by atoms with Crippen LogP contribution in [0.3, 0.4) is 0 Å². The van der Waals surface area contributed by atoms with E-state index in [2.05, 4.69) is 5.32 Å². The number of benzene rings is 2. The van der Waals surface area contributed by atoms with Crippen molar-refractivity contribution in [3.05, 3.63) is 65.7 Å². The molecule has 0 unspecified atom stereocenters. The highest BCUT2D eigenvalue weighted by Gasteiger charge is 2.18. The Balaban J connectivity index is 1.96. The molecule has 24 heavy (non-hydrogen) atoms. The molecule has 2 aromatic carbocycles. The Morgan fingerprint density at radius 1 is 1.08 bits per heavy atom. The van der Waals surface area contributed by atoms with E-state index in [0.717, 1.165) is 5.56 Å². The van der Waals surface area contributed by atoms with E-state index < -0.39 is 12.1 Å². The lowest BCUT2D eigenvalue weighted by Crippen LogP contribution is -2.35. The lowest BCUT2D eigenvalue weighted by molar-refractivity contribution is -0.128. The Kier molecular flexibility index (Phi) is 6.37. The van der Waals surface area contributed by atoms with Gasteiger partial charge in [0.05, 0.1) is 5.56 Å². The zero-order valence-electron chi connectivity index (χ0n) is 13.8. The molecule has 2 aromatic rings. The van der Waals surface area contributed by atoms with E-state index in [1.807, 2.05) is 30.3 Å². The van der Waals surface area contributed by atoms with Crippen molar-refractivity contribution in [1.82, 2.24) is 5.32 Å². The highest BCUT2D eigenvalue weighted by Crippen LogP contribution is 2.16. The highest BCUT2D eigenvalue weighted by atomic mass is 16.5. The average molecular weight is 327 g/mol. The molecule has 0 aliphatic carbocycles. The Morgan fingerprint density at radius 2 is 1.83 bits per heavy atom. The van der Waals surface area contributed by atoms with Crippen molar-refractivity contribution in [1.29, 1.82) is 0 Å². The number of nitrogens with one attached hydrogen (secondary N) is 1. The van der Waals surface area contributed by atoms with Gasteiger partial charge in [-0.05, 0) is 37.6 Å². The Bertz CT molecular complexity index is 685. The minimum Gasteiger partial charge on any atom is -0.489 e. The van der Waals surface area contributed by atoms with Crippen molar-refractivity contribution < 1.29 is 19.1 Å². The fraction of sp³-hybridized carbons (Fsp3) is 0.263. The molecule has 1 amide bonds. The van der Waals surface area contributed by atoms with Crippen LogP contribution in [0.25, 0.3) is 0 Å². The number of amides is 1. The monoisotopic (exact) mass is 327 g/mol. The molecular formula is C19H21NO4. The fourth-order valence-electron chi connectivity index (χ4n) is 2.05. The lowest BCUT2D eigenvalue weighted by Gasteiger charge is -2.13. The maximum atomic E-state index is 12.1. The van der Waals surface area contributed by atoms with Crippen molar-refractivity contribution in [2.75, 3.05) is 6.54 Å². The van der Waals surface area contributed by atoms with Gasteiger partial charge in [-0.15, -0.1) is 0 Å². The van der Waals surface area contributed by atoms with Gasteiger partial charge >= 0.3 is 5.97 Å². The Labute approximate surface area is 141 Å². The molecule has 0 saturated carbocycles. The SMILES string of the molecule is CCNC(=O)[C@@H](C)OC(=O)c1cccc(OCc2ccccc2)c1. The first-order valence-corrected chi connectivity index (χ1v) is 7.85. The summed E-state index contributed by atoms with van der Waals surface area (Å²) in [4.78, 5) is 23.8. The molecule has 0 spiro atoms. The van der Waals surface area contributed by atoms with Crippen molar-refractivity contribution in [2.24, 2.45) is 0 Å². The van der Waals surface area contributed by atoms with Gasteiger partial charge in [0.25, 0.3) is 5.91 Å². The van der Waals surface area contributed by atoms with Crippen molar-refractivity contribution >= 4 is 11.9 Å². The van der Waals surface area contributed by atoms with E-state index in [4.69, 9.17) is 9.47 Å². The van der Waals surface area contributed by atoms with Gasteiger partial charge in [-0.25, -0.2) is 4.79 Å². The topological polar surface area (TPSA) is 64.6 Å². The molecule has 0 saturated heterocycles. The first-order valence-electron chi connectivity index (χ1n) is 7.85. The van der Waals surface area contributed by atoms with E-state index >= 15 is 0 Å². The number of hydrogen-bond donors (Lipinski definition) is 1. The molecule has 126 valence electrons. The summed E-state index contributed by atoms with van der Waals surface area (Å²) in [5.41, 5.74) is 1.38. The second-order valence-electron chi connectivity index (χ2n) is 5.24. The molecular weight excluding hydrogens is 306 g/mol. The summed E-state index contributed by atoms with van der Waals surface area (Å²) in [6.45, 7) is 4.25. The Morgan fingerprint density at radius 3 is 2.54 bits per heavy atom. The van der Waals surface area contributed by atoms with Gasteiger partial charge in [-0.3, -0.25) is 4.79 Å². The number of carbonyl (C=O) groups is 2. The van der Waals surface area contributed by atoms with Crippen LogP contribution < -0.4 is 10.1 Å². The second kappa shape index (κ2) is 8.72. The molecule has 1 N–H and O–H groups in total. The van der Waals surface area contributed by atoms with Crippen LogP contribution in [0.5, 0.6) is 5.75 Å². The van der Waals surface area contributed by atoms with Crippen molar-refractivity contribution in [2.45, 2.75) is 26.6 Å². The van der Waals surface area contributed by atoms with Crippen LogP contribution in [0.1, 0.15) is 29.8 Å². The van der Waals surface area contributed by atoms with Crippen LogP contribution in [0.4, 0.5) is 0 Å². The van der Waals surface area contributed by atoms with Gasteiger partial charge < -0.3 is 14.8 Å². The van der Waals surface area contributed by atoms with Gasteiger partial charge in [0.15, 0.2) is 6.10 Å². The van der Waals surface area contributed by atoms with Crippen molar-refractivity contribution in [3.63, 3.8) is 0 Å². The average Bonchev–Trinajstić information content (AvgIpc) is 2.61. The first-order chi connectivity index (χ1) is 11.6. The first kappa shape index (κ1) is 17.5. The summed E-state index contributed by atoms with van der Waals surface area (Å²) in [6, 6.07) is 16.5. The molecule has 2 rings (SSSR count). The van der Waals surface area contributed by atoms with Crippen LogP contribution in [0, 0.1) is 0 Å². The van der Waals surface area contributed by atoms with Gasteiger partial charge in [0.1, 0.15) is 12.4 Å². The molecule has 0 radical (unpaired) electrons. The molecule has 5 nitrogen and oxygen atoms in total. The molecule has 0 bridgehead atoms. The number of rotatable bonds is 7. The van der Waals surface area contributed by atoms with E-state index in [1.165, 1.54) is 0 Å². The smallest absolute Gasteiger partial charge is 0.339 e. The number of hydrogen-bond acceptors (Lipinski definition) is 4. The quantitative estimate of drug-likeness (QED) is 0.794. The molecule has 0 fully saturated rings. The zero-order chi connectivity index (χ0) is 17.4. The van der Waals surface area contributed by atoms with Crippen LogP contribution in [0.15, 0.2) is 54.6 Å². The predicted octanol–water partition coefficient (Wildman–Crippen LogP) is 2.95. The van der Waals surface area contributed by atoms with Crippen molar-refractivity contribution in [3.8, 4) is 5.75 Å². The summed E-state index contributed by atoms with van der Waals surface area (Å²) in [5.74, 6) is -0.305. The predicted molar refractivity (Wildman–Crippen MR) is 90.8 cm³/mol. The lowest BCUT2D eigenvalue weighted by atomic mass is 10.2. The maximum Gasteiger partial charge on any atom is 0.339 e. The number of ether oxygens (including phenoxy) is 2. The summed E-state index contributed by atoms with van der Waals surface area (Å²) >= 11 is 0. The molecule has 0 aliphatic heterocycles. The molecule has 0 aromatic heterocycles. The molecule has 0 heterocycles. The van der Waals surface area contributed by atoms with Crippen LogP contribution in [-0.4, -0.2) is 24.5 Å². The van der Waals surface area contributed by atoms with E-state index in [1.54, 1.807) is 38.1 Å². The number of likely N-dealkylation sites (N-methyl/N-ethyl adjacent to an activating group) is 1. The maximum absolute atomic E-state index is 12.1. The third-order valence-electron chi connectivity index (χ3n) is 3.32. The number of esters is 1. The molecule has 1 atom stereocenters. The van der Waals surface area contributed by atoms with Gasteiger partial charge in [0.2, 0.25) is 0 Å². The van der Waals surface area contributed by atoms with Crippen LogP contribution >= 0.6 is 0 Å². The van der Waals surface area contributed by atoms with Crippen LogP contribution in [-0.2, 0) is 16.1 Å². The van der Waals surface area contributed by atoms with Gasteiger partial charge in [0, 0.05) is 6.54 Å². The van der Waals surface area contributed by atoms with E-state index in [9.17, 15) is 9.59 Å². The third-order valence-corrected chi connectivity index (χ3v) is 3.32. The standard InChI is InChI=1S/C19H21NO4/c1-3-20-18(21)14(2)24-19(22)16-10-7-11-17(12-16)23-13-15-8-5-4-6-9-15/h4-12,14H,3,13H2,1-2H3,(H,20,21)/t14-/m1/s1. The summed E-state index contributed by atoms with van der Waals surface area (Å²) in [7, 11) is 0. The van der Waals surface area contributed by atoms with Crippen LogP contribution in [0.2, 0.25) is 0 Å². The summed E-state index contributed by atoms with van der Waals surface area (Å²) in [5, 5.41) is 2.61. The zero-order valence-corrected chi connectivity index (χ0v) is 13.8. The molecule has 0 aliphatic rings. The largest absolute Gasteiger partial charge is 0.489 e. The number of carbonyl (C=O) groups excluding carboxylic acids is 2. The highest BCUT2D eigenvalue weighted by molar-refractivity contribution is 5.92. The fourth-order valence-corrected chi connectivity index (χ4v) is 2.05. The second-order valence-corrected chi connectivity index (χ2v) is 5.24. The van der Waals surface area contributed by atoms with Gasteiger partial charge in [-0.1, -0.05) is 36.4 Å². The molecule has 5 heteroatoms. The minimum atomic E-state index is -0.841. The summed E-state index contributed by atoms with van der Waals surface area (Å²) < 4.78 is 10.8. The summed E-state index contributed by atoms with van der Waals surface area (Å²) in [6.07, 6.45) is -0.841. The van der Waals surface area contributed by atoms with Gasteiger partial charge in [-0.2, -0.15) is 0 Å². The van der Waals surface area contributed by atoms with E-state index in [0.29, 0.717) is 24.5 Å². The normalized spacial score (nSPS) is 11.4. The minimum absolute atomic E-state index is 0.317. The third kappa shape index (κ3) is 5.12.